The van der Waals surface area contributed by atoms with Crippen molar-refractivity contribution in [2.75, 3.05) is 26.2 Å². The van der Waals surface area contributed by atoms with Gasteiger partial charge in [0.05, 0.1) is 26.1 Å². The predicted molar refractivity (Wildman–Crippen MR) is 133 cm³/mol. The average Bonchev–Trinajstić information content (AvgIpc) is 3.23. The molecule has 0 unspecified atom stereocenters. The van der Waals surface area contributed by atoms with Crippen LogP contribution in [-0.2, 0) is 32.2 Å². The highest BCUT2D eigenvalue weighted by Crippen LogP contribution is 2.18. The van der Waals surface area contributed by atoms with Crippen LogP contribution in [0.1, 0.15) is 51.8 Å². The molecule has 186 valence electrons. The molecule has 1 aromatic carbocycles. The maximum Gasteiger partial charge on any atom is 0.306 e. The van der Waals surface area contributed by atoms with Crippen molar-refractivity contribution >= 4 is 29.4 Å². The zero-order valence-corrected chi connectivity index (χ0v) is 21.4. The predicted octanol–water partition coefficient (Wildman–Crippen LogP) is 4.37. The van der Waals surface area contributed by atoms with Crippen molar-refractivity contribution in [1.29, 1.82) is 0 Å². The molecule has 0 saturated heterocycles. The summed E-state index contributed by atoms with van der Waals surface area (Å²) in [7, 11) is 0. The van der Waals surface area contributed by atoms with Crippen LogP contribution in [0.3, 0.4) is 0 Å². The fourth-order valence-electron chi connectivity index (χ4n) is 3.69. The SMILES string of the molecule is CCOC(=O)CCC(=O)N(CC)CC(=O)N(Cc1cccn1Cc1ccccc1Cl)CC(C)C. The summed E-state index contributed by atoms with van der Waals surface area (Å²) in [5.74, 6) is -0.481. The summed E-state index contributed by atoms with van der Waals surface area (Å²) < 4.78 is 6.98. The summed E-state index contributed by atoms with van der Waals surface area (Å²) in [6, 6.07) is 11.7. The Labute approximate surface area is 207 Å². The van der Waals surface area contributed by atoms with Gasteiger partial charge in [-0.2, -0.15) is 0 Å². The van der Waals surface area contributed by atoms with E-state index >= 15 is 0 Å². The van der Waals surface area contributed by atoms with E-state index in [0.717, 1.165) is 11.3 Å². The number of ether oxygens (including phenoxy) is 1. The second kappa shape index (κ2) is 13.8. The quantitative estimate of drug-likeness (QED) is 0.392. The van der Waals surface area contributed by atoms with Gasteiger partial charge < -0.3 is 19.1 Å². The number of amides is 2. The summed E-state index contributed by atoms with van der Waals surface area (Å²) in [4.78, 5) is 40.7. The summed E-state index contributed by atoms with van der Waals surface area (Å²) in [5.41, 5.74) is 2.00. The van der Waals surface area contributed by atoms with E-state index < -0.39 is 5.97 Å². The van der Waals surface area contributed by atoms with Gasteiger partial charge in [-0.05, 0) is 43.5 Å². The average molecular weight is 490 g/mol. The monoisotopic (exact) mass is 489 g/mol. The van der Waals surface area contributed by atoms with Gasteiger partial charge in [-0.3, -0.25) is 14.4 Å². The molecule has 2 amide bonds. The molecule has 0 spiro atoms. The van der Waals surface area contributed by atoms with Gasteiger partial charge in [0, 0.05) is 43.0 Å². The van der Waals surface area contributed by atoms with Crippen molar-refractivity contribution in [3.8, 4) is 0 Å². The lowest BCUT2D eigenvalue weighted by atomic mass is 10.2. The second-order valence-corrected chi connectivity index (χ2v) is 9.01. The normalized spacial score (nSPS) is 10.9. The van der Waals surface area contributed by atoms with Gasteiger partial charge in [-0.1, -0.05) is 43.6 Å². The highest BCUT2D eigenvalue weighted by atomic mass is 35.5. The largest absolute Gasteiger partial charge is 0.466 e. The Balaban J connectivity index is 2.08. The summed E-state index contributed by atoms with van der Waals surface area (Å²) in [5, 5.41) is 0.706. The molecule has 7 nitrogen and oxygen atoms in total. The van der Waals surface area contributed by atoms with Crippen LogP contribution in [0, 0.1) is 5.92 Å². The molecule has 2 rings (SSSR count). The zero-order valence-electron chi connectivity index (χ0n) is 20.6. The number of aromatic nitrogens is 1. The molecule has 0 atom stereocenters. The molecule has 0 aliphatic heterocycles. The number of carbonyl (C=O) groups excluding carboxylic acids is 3. The van der Waals surface area contributed by atoms with Crippen LogP contribution >= 0.6 is 11.6 Å². The van der Waals surface area contributed by atoms with E-state index in [1.54, 1.807) is 11.8 Å². The Morgan fingerprint density at radius 3 is 2.38 bits per heavy atom. The Morgan fingerprint density at radius 1 is 1.00 bits per heavy atom. The van der Waals surface area contributed by atoms with Crippen LogP contribution in [0.2, 0.25) is 5.02 Å². The minimum absolute atomic E-state index is 0.0165. The summed E-state index contributed by atoms with van der Waals surface area (Å²) >= 11 is 6.34. The van der Waals surface area contributed by atoms with Crippen LogP contribution < -0.4 is 0 Å². The maximum absolute atomic E-state index is 13.3. The summed E-state index contributed by atoms with van der Waals surface area (Å²) in [6.45, 7) is 9.96. The van der Waals surface area contributed by atoms with Gasteiger partial charge in [-0.25, -0.2) is 0 Å². The third-order valence-electron chi connectivity index (χ3n) is 5.42. The van der Waals surface area contributed by atoms with Crippen LogP contribution in [0.5, 0.6) is 0 Å². The molecule has 34 heavy (non-hydrogen) atoms. The standard InChI is InChI=1S/C26H36ClN3O4/c1-5-28(24(31)13-14-26(33)34-6-2)19-25(32)30(16-20(3)4)18-22-11-9-15-29(22)17-21-10-7-8-12-23(21)27/h7-12,15,20H,5-6,13-14,16-19H2,1-4H3. The van der Waals surface area contributed by atoms with Crippen molar-refractivity contribution in [1.82, 2.24) is 14.4 Å². The number of esters is 1. The molecule has 0 bridgehead atoms. The second-order valence-electron chi connectivity index (χ2n) is 8.60. The maximum atomic E-state index is 13.3. The lowest BCUT2D eigenvalue weighted by molar-refractivity contribution is -0.146. The van der Waals surface area contributed by atoms with Gasteiger partial charge >= 0.3 is 5.97 Å². The number of rotatable bonds is 13. The Bertz CT molecular complexity index is 957. The molecule has 2 aromatic rings. The van der Waals surface area contributed by atoms with Crippen LogP contribution in [-0.4, -0.2) is 58.4 Å². The topological polar surface area (TPSA) is 71.8 Å². The zero-order chi connectivity index (χ0) is 25.1. The Morgan fingerprint density at radius 2 is 1.74 bits per heavy atom. The van der Waals surface area contributed by atoms with Gasteiger partial charge in [0.2, 0.25) is 11.8 Å². The van der Waals surface area contributed by atoms with E-state index in [1.165, 1.54) is 4.90 Å². The number of hydrogen-bond donors (Lipinski definition) is 0. The van der Waals surface area contributed by atoms with E-state index in [0.29, 0.717) is 31.2 Å². The van der Waals surface area contributed by atoms with Gasteiger partial charge in [-0.15, -0.1) is 0 Å². The fraction of sp³-hybridized carbons (Fsp3) is 0.500. The molecule has 0 saturated carbocycles. The third-order valence-corrected chi connectivity index (χ3v) is 5.79. The molecular weight excluding hydrogens is 454 g/mol. The molecular formula is C26H36ClN3O4. The first-order chi connectivity index (χ1) is 16.2. The molecule has 1 heterocycles. The van der Waals surface area contributed by atoms with E-state index in [1.807, 2.05) is 49.5 Å². The lowest BCUT2D eigenvalue weighted by Crippen LogP contribution is -2.44. The fourth-order valence-corrected chi connectivity index (χ4v) is 3.88. The first-order valence-corrected chi connectivity index (χ1v) is 12.2. The molecule has 1 aromatic heterocycles. The van der Waals surface area contributed by atoms with Crippen molar-refractivity contribution in [2.24, 2.45) is 5.92 Å². The van der Waals surface area contributed by atoms with Crippen molar-refractivity contribution in [3.63, 3.8) is 0 Å². The van der Waals surface area contributed by atoms with Gasteiger partial charge in [0.1, 0.15) is 0 Å². The first-order valence-electron chi connectivity index (χ1n) is 11.8. The van der Waals surface area contributed by atoms with E-state index in [9.17, 15) is 14.4 Å². The number of benzene rings is 1. The molecule has 0 fully saturated rings. The Hall–Kier alpha value is -2.80. The van der Waals surface area contributed by atoms with E-state index in [-0.39, 0.29) is 43.7 Å². The van der Waals surface area contributed by atoms with E-state index in [4.69, 9.17) is 16.3 Å². The van der Waals surface area contributed by atoms with Crippen LogP contribution in [0.15, 0.2) is 42.6 Å². The molecule has 8 heteroatoms. The van der Waals surface area contributed by atoms with Crippen LogP contribution in [0.4, 0.5) is 0 Å². The highest BCUT2D eigenvalue weighted by molar-refractivity contribution is 6.31. The van der Waals surface area contributed by atoms with Crippen molar-refractivity contribution in [3.05, 3.63) is 58.9 Å². The van der Waals surface area contributed by atoms with Gasteiger partial charge in [0.25, 0.3) is 0 Å². The van der Waals surface area contributed by atoms with Gasteiger partial charge in [0.15, 0.2) is 0 Å². The third kappa shape index (κ3) is 8.52. The number of likely N-dealkylation sites (N-methyl/N-ethyl adjacent to an activating group) is 1. The summed E-state index contributed by atoms with van der Waals surface area (Å²) in [6.07, 6.45) is 2.03. The minimum atomic E-state index is -0.404. The van der Waals surface area contributed by atoms with Crippen molar-refractivity contribution < 1.29 is 19.1 Å². The molecule has 0 N–H and O–H groups in total. The minimum Gasteiger partial charge on any atom is -0.466 e. The number of nitrogens with zero attached hydrogens (tertiary/aromatic N) is 3. The first kappa shape index (κ1) is 27.4. The van der Waals surface area contributed by atoms with Crippen molar-refractivity contribution in [2.45, 2.75) is 53.6 Å². The highest BCUT2D eigenvalue weighted by Gasteiger charge is 2.22. The number of halogens is 1. The lowest BCUT2D eigenvalue weighted by Gasteiger charge is -2.29. The molecule has 0 aliphatic carbocycles. The smallest absolute Gasteiger partial charge is 0.306 e. The van der Waals surface area contributed by atoms with Crippen LogP contribution in [0.25, 0.3) is 0 Å². The molecule has 0 aliphatic rings. The number of hydrogen-bond acceptors (Lipinski definition) is 4. The Kier molecular flexibility index (Phi) is 11.1. The molecule has 0 radical (unpaired) electrons. The number of carbonyl (C=O) groups is 3. The van der Waals surface area contributed by atoms with E-state index in [2.05, 4.69) is 18.4 Å².